The van der Waals surface area contributed by atoms with Crippen LogP contribution in [0.25, 0.3) is 10.9 Å². The van der Waals surface area contributed by atoms with Gasteiger partial charge >= 0.3 is 0 Å². The van der Waals surface area contributed by atoms with Crippen molar-refractivity contribution in [2.24, 2.45) is 0 Å². The summed E-state index contributed by atoms with van der Waals surface area (Å²) in [7, 11) is 1.78. The van der Waals surface area contributed by atoms with Crippen LogP contribution in [0.1, 0.15) is 25.8 Å². The number of fused-ring (bicyclic) bond motifs is 1. The van der Waals surface area contributed by atoms with Crippen molar-refractivity contribution in [1.29, 1.82) is 0 Å². The molecule has 6 heteroatoms. The van der Waals surface area contributed by atoms with Gasteiger partial charge in [0.25, 0.3) is 0 Å². The van der Waals surface area contributed by atoms with E-state index < -0.39 is 6.04 Å². The van der Waals surface area contributed by atoms with E-state index >= 15 is 0 Å². The molecule has 2 aromatic rings. The Hall–Kier alpha value is -2.47. The minimum Gasteiger partial charge on any atom is -0.353 e. The zero-order valence-electron chi connectivity index (χ0n) is 15.6. The van der Waals surface area contributed by atoms with Gasteiger partial charge < -0.3 is 10.2 Å². The summed E-state index contributed by atoms with van der Waals surface area (Å²) >= 11 is 0. The SMILES string of the molecule is CC(C)N1CCNC(=O)[C@H]1CC(=O)N(C)Cc1cnc2ccccc2c1. The third kappa shape index (κ3) is 4.02. The lowest BCUT2D eigenvalue weighted by atomic mass is 10.1. The van der Waals surface area contributed by atoms with E-state index in [1.807, 2.05) is 24.3 Å². The van der Waals surface area contributed by atoms with Crippen molar-refractivity contribution >= 4 is 22.7 Å². The van der Waals surface area contributed by atoms with Crippen molar-refractivity contribution < 1.29 is 9.59 Å². The second-order valence-electron chi connectivity index (χ2n) is 7.13. The molecular formula is C20H26N4O2. The van der Waals surface area contributed by atoms with Crippen LogP contribution in [-0.2, 0) is 16.1 Å². The van der Waals surface area contributed by atoms with Gasteiger partial charge in [0.2, 0.25) is 11.8 Å². The average Bonchev–Trinajstić information content (AvgIpc) is 2.63. The van der Waals surface area contributed by atoms with Crippen molar-refractivity contribution in [3.05, 3.63) is 42.1 Å². The Kier molecular flexibility index (Phi) is 5.52. The zero-order chi connectivity index (χ0) is 18.7. The minimum absolute atomic E-state index is 0.0362. The van der Waals surface area contributed by atoms with Crippen LogP contribution in [0.4, 0.5) is 0 Å². The van der Waals surface area contributed by atoms with E-state index in [4.69, 9.17) is 0 Å². The first-order valence-electron chi connectivity index (χ1n) is 9.07. The van der Waals surface area contributed by atoms with Crippen LogP contribution in [0.15, 0.2) is 36.5 Å². The highest BCUT2D eigenvalue weighted by atomic mass is 16.2. The summed E-state index contributed by atoms with van der Waals surface area (Å²) in [4.78, 5) is 33.1. The van der Waals surface area contributed by atoms with Crippen molar-refractivity contribution in [3.8, 4) is 0 Å². The number of aromatic nitrogens is 1. The maximum absolute atomic E-state index is 12.7. The van der Waals surface area contributed by atoms with E-state index in [9.17, 15) is 9.59 Å². The van der Waals surface area contributed by atoms with Crippen LogP contribution in [0.3, 0.4) is 0 Å². The molecule has 0 bridgehead atoms. The molecule has 0 aliphatic carbocycles. The van der Waals surface area contributed by atoms with E-state index in [0.717, 1.165) is 23.0 Å². The number of pyridine rings is 1. The van der Waals surface area contributed by atoms with Gasteiger partial charge in [-0.2, -0.15) is 0 Å². The highest BCUT2D eigenvalue weighted by Crippen LogP contribution is 2.16. The molecule has 0 radical (unpaired) electrons. The summed E-state index contributed by atoms with van der Waals surface area (Å²) in [6, 6.07) is 9.81. The van der Waals surface area contributed by atoms with E-state index in [2.05, 4.69) is 35.1 Å². The Balaban J connectivity index is 1.67. The number of rotatable bonds is 5. The predicted molar refractivity (Wildman–Crippen MR) is 101 cm³/mol. The Morgan fingerprint density at radius 3 is 2.92 bits per heavy atom. The molecule has 1 aromatic heterocycles. The molecule has 3 rings (SSSR count). The quantitative estimate of drug-likeness (QED) is 0.889. The monoisotopic (exact) mass is 354 g/mol. The first kappa shape index (κ1) is 18.3. The summed E-state index contributed by atoms with van der Waals surface area (Å²) in [6.45, 7) is 6.01. The van der Waals surface area contributed by atoms with E-state index in [-0.39, 0.29) is 24.3 Å². The van der Waals surface area contributed by atoms with Gasteiger partial charge in [-0.05, 0) is 31.5 Å². The van der Waals surface area contributed by atoms with Gasteiger partial charge in [0.1, 0.15) is 0 Å². The Labute approximate surface area is 154 Å². The summed E-state index contributed by atoms with van der Waals surface area (Å²) in [6.07, 6.45) is 2.00. The number of piperazine rings is 1. The van der Waals surface area contributed by atoms with Gasteiger partial charge in [-0.1, -0.05) is 18.2 Å². The molecular weight excluding hydrogens is 328 g/mol. The highest BCUT2D eigenvalue weighted by Gasteiger charge is 2.33. The van der Waals surface area contributed by atoms with Crippen LogP contribution in [0, 0.1) is 0 Å². The molecule has 138 valence electrons. The fraction of sp³-hybridized carbons (Fsp3) is 0.450. The summed E-state index contributed by atoms with van der Waals surface area (Å²) < 4.78 is 0. The third-order valence-electron chi connectivity index (χ3n) is 4.90. The zero-order valence-corrected chi connectivity index (χ0v) is 15.6. The maximum Gasteiger partial charge on any atom is 0.237 e. The molecule has 1 saturated heterocycles. The molecule has 26 heavy (non-hydrogen) atoms. The van der Waals surface area contributed by atoms with Gasteiger partial charge in [-0.25, -0.2) is 0 Å². The first-order chi connectivity index (χ1) is 12.5. The number of para-hydroxylation sites is 1. The summed E-state index contributed by atoms with van der Waals surface area (Å²) in [5, 5.41) is 3.93. The molecule has 0 spiro atoms. The van der Waals surface area contributed by atoms with Crippen LogP contribution < -0.4 is 5.32 Å². The third-order valence-corrected chi connectivity index (χ3v) is 4.90. The van der Waals surface area contributed by atoms with E-state index in [0.29, 0.717) is 13.1 Å². The number of hydrogen-bond acceptors (Lipinski definition) is 4. The largest absolute Gasteiger partial charge is 0.353 e. The van der Waals surface area contributed by atoms with Gasteiger partial charge in [0, 0.05) is 44.3 Å². The summed E-state index contributed by atoms with van der Waals surface area (Å²) in [5.41, 5.74) is 1.92. The Morgan fingerprint density at radius 2 is 2.15 bits per heavy atom. The van der Waals surface area contributed by atoms with Crippen LogP contribution >= 0.6 is 0 Å². The van der Waals surface area contributed by atoms with Gasteiger partial charge in [-0.3, -0.25) is 19.5 Å². The summed E-state index contributed by atoms with van der Waals surface area (Å²) in [5.74, 6) is -0.0927. The molecule has 2 heterocycles. The Morgan fingerprint density at radius 1 is 1.38 bits per heavy atom. The number of carbonyl (C=O) groups is 2. The Bertz CT molecular complexity index is 805. The van der Waals surface area contributed by atoms with Gasteiger partial charge in [0.05, 0.1) is 18.0 Å². The number of nitrogens with zero attached hydrogens (tertiary/aromatic N) is 3. The fourth-order valence-corrected chi connectivity index (χ4v) is 3.45. The lowest BCUT2D eigenvalue weighted by Crippen LogP contribution is -2.58. The van der Waals surface area contributed by atoms with Crippen LogP contribution in [0.2, 0.25) is 0 Å². The van der Waals surface area contributed by atoms with Crippen molar-refractivity contribution in [2.75, 3.05) is 20.1 Å². The number of benzene rings is 1. The average molecular weight is 354 g/mol. The maximum atomic E-state index is 12.7. The molecule has 1 N–H and O–H groups in total. The van der Waals surface area contributed by atoms with Crippen molar-refractivity contribution in [1.82, 2.24) is 20.1 Å². The molecule has 1 atom stereocenters. The standard InChI is InChI=1S/C20H26N4O2/c1-14(2)24-9-8-21-20(26)18(24)11-19(25)23(3)13-15-10-16-6-4-5-7-17(16)22-12-15/h4-7,10,12,14,18H,8-9,11,13H2,1-3H3,(H,21,26)/t18-/m1/s1. The first-order valence-corrected chi connectivity index (χ1v) is 9.07. The van der Waals surface area contributed by atoms with Crippen molar-refractivity contribution in [3.63, 3.8) is 0 Å². The van der Waals surface area contributed by atoms with Crippen LogP contribution in [0.5, 0.6) is 0 Å². The molecule has 6 nitrogen and oxygen atoms in total. The molecule has 0 unspecified atom stereocenters. The highest BCUT2D eigenvalue weighted by molar-refractivity contribution is 5.89. The van der Waals surface area contributed by atoms with Gasteiger partial charge in [0.15, 0.2) is 0 Å². The molecule has 1 fully saturated rings. The molecule has 1 aliphatic heterocycles. The smallest absolute Gasteiger partial charge is 0.237 e. The second kappa shape index (κ2) is 7.83. The number of amides is 2. The molecule has 1 aliphatic rings. The van der Waals surface area contributed by atoms with E-state index in [1.54, 1.807) is 18.1 Å². The van der Waals surface area contributed by atoms with Gasteiger partial charge in [-0.15, -0.1) is 0 Å². The number of carbonyl (C=O) groups excluding carboxylic acids is 2. The normalized spacial score (nSPS) is 18.2. The van der Waals surface area contributed by atoms with E-state index in [1.165, 1.54) is 0 Å². The molecule has 0 saturated carbocycles. The lowest BCUT2D eigenvalue weighted by Gasteiger charge is -2.38. The van der Waals surface area contributed by atoms with Crippen LogP contribution in [-0.4, -0.2) is 58.8 Å². The number of nitrogens with one attached hydrogen (secondary N) is 1. The minimum atomic E-state index is -0.395. The second-order valence-corrected chi connectivity index (χ2v) is 7.13. The predicted octanol–water partition coefficient (Wildman–Crippen LogP) is 1.79. The lowest BCUT2D eigenvalue weighted by molar-refractivity contribution is -0.139. The van der Waals surface area contributed by atoms with Crippen molar-refractivity contribution in [2.45, 2.75) is 38.9 Å². The molecule has 2 amide bonds. The topological polar surface area (TPSA) is 65.5 Å². The number of hydrogen-bond donors (Lipinski definition) is 1. The fourth-order valence-electron chi connectivity index (χ4n) is 3.45. The molecule has 1 aromatic carbocycles.